The molecule has 1 saturated heterocycles. The zero-order valence-electron chi connectivity index (χ0n) is 13.0. The van der Waals surface area contributed by atoms with Gasteiger partial charge in [-0.2, -0.15) is 11.3 Å². The maximum atomic E-state index is 12.5. The molecule has 1 unspecified atom stereocenters. The highest BCUT2D eigenvalue weighted by Crippen LogP contribution is 2.26. The van der Waals surface area contributed by atoms with E-state index in [1.807, 2.05) is 6.07 Å². The van der Waals surface area contributed by atoms with Gasteiger partial charge in [-0.1, -0.05) is 24.6 Å². The second kappa shape index (κ2) is 7.57. The summed E-state index contributed by atoms with van der Waals surface area (Å²) in [6, 6.07) is 10.8. The summed E-state index contributed by atoms with van der Waals surface area (Å²) in [7, 11) is -3.46. The first kappa shape index (κ1) is 16.6. The van der Waals surface area contributed by atoms with E-state index in [0.29, 0.717) is 11.4 Å². The van der Waals surface area contributed by atoms with Gasteiger partial charge in [0.1, 0.15) is 0 Å². The number of nitrogens with zero attached hydrogens (tertiary/aromatic N) is 1. The van der Waals surface area contributed by atoms with Gasteiger partial charge in [-0.15, -0.1) is 0 Å². The van der Waals surface area contributed by atoms with Crippen LogP contribution in [0.5, 0.6) is 0 Å². The summed E-state index contributed by atoms with van der Waals surface area (Å²) < 4.78 is 27.7. The van der Waals surface area contributed by atoms with Crippen molar-refractivity contribution in [1.82, 2.24) is 9.62 Å². The van der Waals surface area contributed by atoms with Crippen molar-refractivity contribution in [2.24, 2.45) is 0 Å². The van der Waals surface area contributed by atoms with Crippen molar-refractivity contribution in [3.8, 4) is 0 Å². The molecule has 0 bridgehead atoms. The predicted octanol–water partition coefficient (Wildman–Crippen LogP) is 3.25. The Kier molecular flexibility index (Phi) is 5.48. The first-order valence-electron chi connectivity index (χ1n) is 7.98. The minimum atomic E-state index is -3.46. The van der Waals surface area contributed by atoms with Gasteiger partial charge < -0.3 is 0 Å². The monoisotopic (exact) mass is 350 g/mol. The molecule has 3 rings (SSSR count). The molecule has 2 heterocycles. The number of thiophene rings is 1. The fraction of sp³-hybridized carbons (Fsp3) is 0.412. The highest BCUT2D eigenvalue weighted by molar-refractivity contribution is 7.89. The van der Waals surface area contributed by atoms with Crippen LogP contribution in [0.25, 0.3) is 0 Å². The molecule has 0 spiro atoms. The topological polar surface area (TPSA) is 49.4 Å². The van der Waals surface area contributed by atoms with Crippen molar-refractivity contribution in [1.29, 1.82) is 0 Å². The van der Waals surface area contributed by atoms with Crippen molar-refractivity contribution in [2.45, 2.75) is 30.2 Å². The van der Waals surface area contributed by atoms with Gasteiger partial charge in [0.05, 0.1) is 4.90 Å². The van der Waals surface area contributed by atoms with Crippen LogP contribution in [-0.4, -0.2) is 33.0 Å². The Morgan fingerprint density at radius 2 is 1.83 bits per heavy atom. The number of benzene rings is 1. The summed E-state index contributed by atoms with van der Waals surface area (Å²) in [5, 5.41) is 4.17. The number of sulfonamides is 1. The molecule has 1 N–H and O–H groups in total. The lowest BCUT2D eigenvalue weighted by Gasteiger charge is -2.34. The zero-order chi connectivity index (χ0) is 16.1. The zero-order valence-corrected chi connectivity index (χ0v) is 14.7. The number of hydrogen-bond acceptors (Lipinski definition) is 4. The highest BCUT2D eigenvalue weighted by Gasteiger charge is 2.24. The Morgan fingerprint density at radius 1 is 1.09 bits per heavy atom. The Morgan fingerprint density at radius 3 is 2.48 bits per heavy atom. The second-order valence-corrected chi connectivity index (χ2v) is 8.38. The van der Waals surface area contributed by atoms with Crippen molar-refractivity contribution < 1.29 is 8.42 Å². The van der Waals surface area contributed by atoms with E-state index in [0.717, 1.165) is 13.1 Å². The molecule has 0 amide bonds. The van der Waals surface area contributed by atoms with Crippen LogP contribution in [-0.2, 0) is 10.0 Å². The minimum Gasteiger partial charge on any atom is -0.295 e. The van der Waals surface area contributed by atoms with Gasteiger partial charge in [-0.3, -0.25) is 4.90 Å². The van der Waals surface area contributed by atoms with Crippen LogP contribution in [0, 0.1) is 0 Å². The van der Waals surface area contributed by atoms with E-state index in [-0.39, 0.29) is 6.04 Å². The average molecular weight is 351 g/mol. The van der Waals surface area contributed by atoms with E-state index in [4.69, 9.17) is 0 Å². The number of likely N-dealkylation sites (tertiary alicyclic amines) is 1. The van der Waals surface area contributed by atoms with Crippen molar-refractivity contribution in [3.05, 3.63) is 52.7 Å². The lowest BCUT2D eigenvalue weighted by Crippen LogP contribution is -2.40. The summed E-state index contributed by atoms with van der Waals surface area (Å²) >= 11 is 1.66. The Bertz CT molecular complexity index is 693. The molecule has 1 aromatic heterocycles. The van der Waals surface area contributed by atoms with Crippen LogP contribution in [0.3, 0.4) is 0 Å². The Labute approximate surface area is 142 Å². The predicted molar refractivity (Wildman–Crippen MR) is 94.1 cm³/mol. The van der Waals surface area contributed by atoms with Crippen LogP contribution in [0.1, 0.15) is 30.9 Å². The fourth-order valence-corrected chi connectivity index (χ4v) is 4.79. The first-order chi connectivity index (χ1) is 11.2. The molecule has 23 heavy (non-hydrogen) atoms. The van der Waals surface area contributed by atoms with E-state index in [1.54, 1.807) is 35.6 Å². The van der Waals surface area contributed by atoms with Gasteiger partial charge in [-0.05, 0) is 60.5 Å². The van der Waals surface area contributed by atoms with Gasteiger partial charge in [-0.25, -0.2) is 13.1 Å². The van der Waals surface area contributed by atoms with Crippen molar-refractivity contribution in [3.63, 3.8) is 0 Å². The molecular formula is C17H22N2O2S2. The lowest BCUT2D eigenvalue weighted by atomic mass is 10.0. The molecule has 1 aliphatic heterocycles. The molecule has 1 fully saturated rings. The third kappa shape index (κ3) is 4.20. The van der Waals surface area contributed by atoms with Crippen molar-refractivity contribution in [2.75, 3.05) is 19.6 Å². The molecule has 124 valence electrons. The minimum absolute atomic E-state index is 0.111. The normalized spacial score (nSPS) is 17.9. The quantitative estimate of drug-likeness (QED) is 0.870. The largest absolute Gasteiger partial charge is 0.295 e. The van der Waals surface area contributed by atoms with Gasteiger partial charge in [0.15, 0.2) is 0 Å². The van der Waals surface area contributed by atoms with E-state index in [1.165, 1.54) is 24.8 Å². The summed E-state index contributed by atoms with van der Waals surface area (Å²) in [4.78, 5) is 2.72. The van der Waals surface area contributed by atoms with Crippen LogP contribution in [0.4, 0.5) is 0 Å². The maximum absolute atomic E-state index is 12.5. The standard InChI is InChI=1S/C17H22N2O2S2/c20-23(21,16-7-3-1-4-8-16)18-13-17(15-9-12-22-14-15)19-10-5-2-6-11-19/h1,3-4,7-9,12,14,17-18H,2,5-6,10-11,13H2. The number of hydrogen-bond donors (Lipinski definition) is 1. The number of rotatable bonds is 6. The summed E-state index contributed by atoms with van der Waals surface area (Å²) in [6.07, 6.45) is 3.64. The smallest absolute Gasteiger partial charge is 0.240 e. The number of nitrogens with one attached hydrogen (secondary N) is 1. The first-order valence-corrected chi connectivity index (χ1v) is 10.4. The van der Waals surface area contributed by atoms with Gasteiger partial charge >= 0.3 is 0 Å². The summed E-state index contributed by atoms with van der Waals surface area (Å²) in [5.74, 6) is 0. The molecular weight excluding hydrogens is 328 g/mol. The highest BCUT2D eigenvalue weighted by atomic mass is 32.2. The molecule has 4 nitrogen and oxygen atoms in total. The maximum Gasteiger partial charge on any atom is 0.240 e. The van der Waals surface area contributed by atoms with Crippen LogP contribution >= 0.6 is 11.3 Å². The molecule has 0 radical (unpaired) electrons. The molecule has 2 aromatic rings. The number of piperidine rings is 1. The van der Waals surface area contributed by atoms with Crippen LogP contribution in [0.15, 0.2) is 52.1 Å². The summed E-state index contributed by atoms with van der Waals surface area (Å²) in [5.41, 5.74) is 1.20. The van der Waals surface area contributed by atoms with Crippen LogP contribution in [0.2, 0.25) is 0 Å². The van der Waals surface area contributed by atoms with Gasteiger partial charge in [0.2, 0.25) is 10.0 Å². The second-order valence-electron chi connectivity index (χ2n) is 5.83. The molecule has 1 atom stereocenters. The molecule has 6 heteroatoms. The third-order valence-electron chi connectivity index (χ3n) is 4.28. The average Bonchev–Trinajstić information content (AvgIpc) is 3.11. The Balaban J connectivity index is 1.74. The molecule has 1 aliphatic rings. The van der Waals surface area contributed by atoms with Crippen LogP contribution < -0.4 is 4.72 Å². The van der Waals surface area contributed by atoms with E-state index in [2.05, 4.69) is 26.4 Å². The lowest BCUT2D eigenvalue weighted by molar-refractivity contribution is 0.165. The molecule has 0 aliphatic carbocycles. The third-order valence-corrected chi connectivity index (χ3v) is 6.42. The van der Waals surface area contributed by atoms with Gasteiger partial charge in [0, 0.05) is 12.6 Å². The van der Waals surface area contributed by atoms with Gasteiger partial charge in [0.25, 0.3) is 0 Å². The summed E-state index contributed by atoms with van der Waals surface area (Å²) in [6.45, 7) is 2.48. The molecule has 0 saturated carbocycles. The fourth-order valence-electron chi connectivity index (χ4n) is 3.02. The van der Waals surface area contributed by atoms with E-state index in [9.17, 15) is 8.42 Å². The SMILES string of the molecule is O=S(=O)(NCC(c1ccsc1)N1CCCCC1)c1ccccc1. The van der Waals surface area contributed by atoms with E-state index < -0.39 is 10.0 Å². The molecule has 1 aromatic carbocycles. The Hall–Kier alpha value is -1.21. The van der Waals surface area contributed by atoms with E-state index >= 15 is 0 Å². The van der Waals surface area contributed by atoms with Crippen molar-refractivity contribution >= 4 is 21.4 Å².